The van der Waals surface area contributed by atoms with Gasteiger partial charge in [-0.3, -0.25) is 9.47 Å². The molecule has 0 aliphatic carbocycles. The first-order valence-electron chi connectivity index (χ1n) is 10.0. The van der Waals surface area contributed by atoms with Gasteiger partial charge in [-0.25, -0.2) is 0 Å². The molecule has 0 bridgehead atoms. The Labute approximate surface area is 176 Å². The van der Waals surface area contributed by atoms with Gasteiger partial charge >= 0.3 is 18.0 Å². The highest BCUT2D eigenvalue weighted by molar-refractivity contribution is 5.25. The van der Waals surface area contributed by atoms with Crippen LogP contribution in [0.2, 0.25) is 0 Å². The predicted octanol–water partition coefficient (Wildman–Crippen LogP) is 3.64. The average molecular weight is 440 g/mol. The summed E-state index contributed by atoms with van der Waals surface area (Å²) >= 11 is 0. The SMILES string of the molecule is C[C@]1(CN2CCC(OCc3ccc(C(F)(F)F)cc3)CC2)Cn2cc([N+](=O)[O-])nc2O1. The third-order valence-electron chi connectivity index (χ3n) is 5.62. The van der Waals surface area contributed by atoms with E-state index in [0.29, 0.717) is 18.7 Å². The second-order valence-electron chi connectivity index (χ2n) is 8.30. The summed E-state index contributed by atoms with van der Waals surface area (Å²) in [6, 6.07) is 5.31. The van der Waals surface area contributed by atoms with Crippen LogP contribution in [-0.2, 0) is 24.1 Å². The number of nitro groups is 1. The minimum atomic E-state index is -4.33. The van der Waals surface area contributed by atoms with E-state index < -0.39 is 22.3 Å². The lowest BCUT2D eigenvalue weighted by Crippen LogP contribution is -2.48. The number of benzene rings is 1. The van der Waals surface area contributed by atoms with Crippen molar-refractivity contribution in [2.75, 3.05) is 19.6 Å². The average Bonchev–Trinajstić information content (AvgIpc) is 3.22. The van der Waals surface area contributed by atoms with Crippen LogP contribution < -0.4 is 4.74 Å². The molecule has 4 rings (SSSR count). The van der Waals surface area contributed by atoms with Crippen molar-refractivity contribution in [3.63, 3.8) is 0 Å². The fraction of sp³-hybridized carbons (Fsp3) is 0.550. The Balaban J connectivity index is 1.22. The first kappa shape index (κ1) is 21.6. The second-order valence-corrected chi connectivity index (χ2v) is 8.30. The lowest BCUT2D eigenvalue weighted by Gasteiger charge is -2.36. The molecule has 0 unspecified atom stereocenters. The van der Waals surface area contributed by atoms with Gasteiger partial charge in [-0.2, -0.15) is 13.2 Å². The number of hydrogen-bond acceptors (Lipinski definition) is 6. The van der Waals surface area contributed by atoms with Gasteiger partial charge in [0.05, 0.1) is 24.8 Å². The van der Waals surface area contributed by atoms with Crippen molar-refractivity contribution in [1.29, 1.82) is 0 Å². The minimum absolute atomic E-state index is 0.0499. The van der Waals surface area contributed by atoms with Gasteiger partial charge in [0.1, 0.15) is 11.8 Å². The maximum Gasteiger partial charge on any atom is 0.416 e. The van der Waals surface area contributed by atoms with E-state index in [2.05, 4.69) is 9.88 Å². The first-order valence-corrected chi connectivity index (χ1v) is 10.0. The second kappa shape index (κ2) is 8.12. The number of ether oxygens (including phenoxy) is 2. The van der Waals surface area contributed by atoms with Crippen molar-refractivity contribution >= 4 is 5.82 Å². The molecule has 2 aliphatic rings. The van der Waals surface area contributed by atoms with Crippen LogP contribution in [0.5, 0.6) is 6.01 Å². The highest BCUT2D eigenvalue weighted by Gasteiger charge is 2.42. The molecule has 2 aromatic rings. The third-order valence-corrected chi connectivity index (χ3v) is 5.62. The standard InChI is InChI=1S/C20H23F3N4O4/c1-19(13-26-10-17(27(28)29)24-18(26)31-19)12-25-8-6-16(7-9-25)30-11-14-2-4-15(5-3-14)20(21,22)23/h2-5,10,16H,6-9,11-13H2,1H3/t19-/m0/s1. The topological polar surface area (TPSA) is 82.7 Å². The highest BCUT2D eigenvalue weighted by Crippen LogP contribution is 2.32. The van der Waals surface area contributed by atoms with Crippen LogP contribution in [0.4, 0.5) is 19.0 Å². The zero-order valence-electron chi connectivity index (χ0n) is 17.0. The molecule has 11 heteroatoms. The van der Waals surface area contributed by atoms with Crippen LogP contribution in [0.25, 0.3) is 0 Å². The number of piperidine rings is 1. The predicted molar refractivity (Wildman–Crippen MR) is 104 cm³/mol. The van der Waals surface area contributed by atoms with E-state index in [1.807, 2.05) is 6.92 Å². The third kappa shape index (κ3) is 4.99. The van der Waals surface area contributed by atoms with Crippen molar-refractivity contribution < 1.29 is 27.6 Å². The lowest BCUT2D eigenvalue weighted by molar-refractivity contribution is -0.389. The number of imidazole rings is 1. The van der Waals surface area contributed by atoms with E-state index in [-0.39, 0.29) is 24.5 Å². The van der Waals surface area contributed by atoms with Gasteiger partial charge < -0.3 is 19.6 Å². The largest absolute Gasteiger partial charge is 0.436 e. The molecule has 31 heavy (non-hydrogen) atoms. The smallest absolute Gasteiger partial charge is 0.416 e. The minimum Gasteiger partial charge on any atom is -0.436 e. The molecule has 2 aliphatic heterocycles. The number of nitrogens with zero attached hydrogens (tertiary/aromatic N) is 4. The van der Waals surface area contributed by atoms with Crippen LogP contribution in [0.15, 0.2) is 30.5 Å². The normalized spacial score (nSPS) is 22.3. The van der Waals surface area contributed by atoms with E-state index in [1.54, 1.807) is 4.57 Å². The number of likely N-dealkylation sites (tertiary alicyclic amines) is 1. The van der Waals surface area contributed by atoms with Gasteiger partial charge in [-0.1, -0.05) is 12.1 Å². The molecule has 0 N–H and O–H groups in total. The molecule has 0 spiro atoms. The summed E-state index contributed by atoms with van der Waals surface area (Å²) in [6.45, 7) is 5.01. The molecular formula is C20H23F3N4O4. The lowest BCUT2D eigenvalue weighted by atomic mass is 10.0. The van der Waals surface area contributed by atoms with Crippen molar-refractivity contribution in [1.82, 2.24) is 14.5 Å². The number of alkyl halides is 3. The number of hydrogen-bond donors (Lipinski definition) is 0. The summed E-state index contributed by atoms with van der Waals surface area (Å²) in [7, 11) is 0. The molecule has 0 amide bonds. The summed E-state index contributed by atoms with van der Waals surface area (Å²) in [5.74, 6) is -0.219. The van der Waals surface area contributed by atoms with Gasteiger partial charge in [0.15, 0.2) is 0 Å². The molecule has 3 heterocycles. The van der Waals surface area contributed by atoms with E-state index in [4.69, 9.17) is 9.47 Å². The highest BCUT2D eigenvalue weighted by atomic mass is 19.4. The number of fused-ring (bicyclic) bond motifs is 1. The van der Waals surface area contributed by atoms with Gasteiger partial charge in [0, 0.05) is 24.6 Å². The van der Waals surface area contributed by atoms with Gasteiger partial charge in [0.2, 0.25) is 0 Å². The molecule has 1 aromatic carbocycles. The monoisotopic (exact) mass is 440 g/mol. The molecular weight excluding hydrogens is 417 g/mol. The summed E-state index contributed by atoms with van der Waals surface area (Å²) in [4.78, 5) is 16.4. The molecule has 1 atom stereocenters. The van der Waals surface area contributed by atoms with Gasteiger partial charge in [-0.15, -0.1) is 0 Å². The Morgan fingerprint density at radius 2 is 1.97 bits per heavy atom. The summed E-state index contributed by atoms with van der Waals surface area (Å²) in [5, 5.41) is 10.8. The molecule has 1 saturated heterocycles. The Kier molecular flexibility index (Phi) is 5.65. The van der Waals surface area contributed by atoms with Crippen molar-refractivity contribution in [2.45, 2.75) is 50.8 Å². The van der Waals surface area contributed by atoms with E-state index >= 15 is 0 Å². The fourth-order valence-corrected chi connectivity index (χ4v) is 4.07. The quantitative estimate of drug-likeness (QED) is 0.504. The zero-order chi connectivity index (χ0) is 22.2. The molecule has 0 saturated carbocycles. The molecule has 0 radical (unpaired) electrons. The van der Waals surface area contributed by atoms with Crippen LogP contribution in [0.3, 0.4) is 0 Å². The Hall–Kier alpha value is -2.66. The van der Waals surface area contributed by atoms with Gasteiger partial charge in [0.25, 0.3) is 0 Å². The van der Waals surface area contributed by atoms with Crippen LogP contribution in [0.1, 0.15) is 30.9 Å². The van der Waals surface area contributed by atoms with Crippen molar-refractivity contribution in [2.24, 2.45) is 0 Å². The van der Waals surface area contributed by atoms with Crippen molar-refractivity contribution in [3.8, 4) is 6.01 Å². The summed E-state index contributed by atoms with van der Waals surface area (Å²) in [5.41, 5.74) is -0.458. The molecule has 1 fully saturated rings. The Morgan fingerprint density at radius 1 is 1.29 bits per heavy atom. The zero-order valence-corrected chi connectivity index (χ0v) is 17.0. The number of halogens is 3. The maximum absolute atomic E-state index is 12.6. The van der Waals surface area contributed by atoms with E-state index in [0.717, 1.165) is 38.1 Å². The summed E-state index contributed by atoms with van der Waals surface area (Å²) < 4.78 is 51.4. The molecule has 168 valence electrons. The van der Waals surface area contributed by atoms with Crippen molar-refractivity contribution in [3.05, 3.63) is 51.7 Å². The van der Waals surface area contributed by atoms with Crippen LogP contribution in [0, 0.1) is 10.1 Å². The van der Waals surface area contributed by atoms with Crippen LogP contribution >= 0.6 is 0 Å². The molecule has 8 nitrogen and oxygen atoms in total. The fourth-order valence-electron chi connectivity index (χ4n) is 4.07. The van der Waals surface area contributed by atoms with Crippen LogP contribution in [-0.4, -0.2) is 50.7 Å². The van der Waals surface area contributed by atoms with Gasteiger partial charge in [-0.05, 0) is 42.4 Å². The number of aromatic nitrogens is 2. The summed E-state index contributed by atoms with van der Waals surface area (Å²) in [6.07, 6.45) is -1.27. The molecule has 1 aromatic heterocycles. The Bertz CT molecular complexity index is 913. The Morgan fingerprint density at radius 3 is 2.55 bits per heavy atom. The van der Waals surface area contributed by atoms with E-state index in [9.17, 15) is 23.3 Å². The number of rotatable bonds is 6. The maximum atomic E-state index is 12.6. The first-order chi connectivity index (χ1) is 14.6. The van der Waals surface area contributed by atoms with E-state index in [1.165, 1.54) is 18.3 Å².